The van der Waals surface area contributed by atoms with Crippen LogP contribution in [-0.4, -0.2) is 30.9 Å². The first kappa shape index (κ1) is 18.0. The quantitative estimate of drug-likeness (QED) is 0.503. The van der Waals surface area contributed by atoms with Crippen LogP contribution in [0.1, 0.15) is 0 Å². The number of imidazole rings is 1. The zero-order valence-electron chi connectivity index (χ0n) is 13.6. The van der Waals surface area contributed by atoms with E-state index in [0.717, 1.165) is 17.1 Å². The second-order valence-electron chi connectivity index (χ2n) is 4.78. The summed E-state index contributed by atoms with van der Waals surface area (Å²) in [7, 11) is 4.83. The van der Waals surface area contributed by atoms with Gasteiger partial charge >= 0.3 is 0 Å². The van der Waals surface area contributed by atoms with Crippen molar-refractivity contribution >= 4 is 0 Å². The van der Waals surface area contributed by atoms with Crippen LogP contribution in [0.4, 0.5) is 0 Å². The Morgan fingerprint density at radius 1 is 1.00 bits per heavy atom. The molecule has 0 N–H and O–H groups in total. The average molecular weight is 502 g/mol. The molecule has 1 radical (unpaired) electrons. The van der Waals surface area contributed by atoms with E-state index >= 15 is 0 Å². The Labute approximate surface area is 154 Å². The van der Waals surface area contributed by atoms with Crippen LogP contribution in [0.2, 0.25) is 0 Å². The van der Waals surface area contributed by atoms with Crippen LogP contribution < -0.4 is 14.2 Å². The van der Waals surface area contributed by atoms with Crippen molar-refractivity contribution in [2.75, 3.05) is 21.3 Å². The van der Waals surface area contributed by atoms with Crippen molar-refractivity contribution in [1.82, 2.24) is 9.55 Å². The minimum atomic E-state index is 0. The largest absolute Gasteiger partial charge is 0.496 e. The number of ether oxygens (including phenoxy) is 3. The molecule has 2 aromatic carbocycles. The van der Waals surface area contributed by atoms with Crippen LogP contribution in [0.5, 0.6) is 17.2 Å². The van der Waals surface area contributed by atoms with Gasteiger partial charge in [0, 0.05) is 44.6 Å². The van der Waals surface area contributed by atoms with Gasteiger partial charge in [-0.1, -0.05) is 0 Å². The molecule has 0 aliphatic heterocycles. The standard InChI is InChI=1S/C18H17N2O3.Ir/c1-21-14-11-15(22-2)17(16(12-14)23-3)20-10-9-19-18(20)13-7-5-4-6-8-13;/h4-7,9-12H,1-3H3;/q-1;. The zero-order valence-corrected chi connectivity index (χ0v) is 16.0. The summed E-state index contributed by atoms with van der Waals surface area (Å²) in [6, 6.07) is 14.5. The molecule has 1 heterocycles. The Kier molecular flexibility index (Phi) is 6.01. The van der Waals surface area contributed by atoms with E-state index in [0.29, 0.717) is 17.2 Å². The van der Waals surface area contributed by atoms with Crippen molar-refractivity contribution in [2.45, 2.75) is 0 Å². The number of methoxy groups -OCH3 is 3. The van der Waals surface area contributed by atoms with Gasteiger partial charge in [-0.15, -0.1) is 35.9 Å². The second-order valence-corrected chi connectivity index (χ2v) is 4.78. The minimum absolute atomic E-state index is 0. The van der Waals surface area contributed by atoms with Gasteiger partial charge in [-0.25, -0.2) is 0 Å². The van der Waals surface area contributed by atoms with Gasteiger partial charge in [0.05, 0.1) is 27.2 Å². The van der Waals surface area contributed by atoms with E-state index in [1.54, 1.807) is 27.5 Å². The summed E-state index contributed by atoms with van der Waals surface area (Å²) in [6.45, 7) is 0. The normalized spacial score (nSPS) is 9.96. The molecule has 0 amide bonds. The SMILES string of the molecule is COc1cc(OC)c(-n2ccnc2-c2[c-]cccc2)c(OC)c1.[Ir]. The van der Waals surface area contributed by atoms with Crippen molar-refractivity contribution in [2.24, 2.45) is 0 Å². The van der Waals surface area contributed by atoms with Crippen molar-refractivity contribution in [1.29, 1.82) is 0 Å². The molecular formula is C18H17IrN2O3-. The molecule has 0 spiro atoms. The van der Waals surface area contributed by atoms with Crippen LogP contribution in [0, 0.1) is 6.07 Å². The maximum absolute atomic E-state index is 5.53. The first-order chi connectivity index (χ1) is 11.3. The van der Waals surface area contributed by atoms with E-state index in [-0.39, 0.29) is 20.1 Å². The number of hydrogen-bond donors (Lipinski definition) is 0. The maximum Gasteiger partial charge on any atom is 0.149 e. The van der Waals surface area contributed by atoms with Gasteiger partial charge in [-0.2, -0.15) is 0 Å². The predicted molar refractivity (Wildman–Crippen MR) is 87.5 cm³/mol. The van der Waals surface area contributed by atoms with E-state index in [9.17, 15) is 0 Å². The monoisotopic (exact) mass is 502 g/mol. The molecule has 0 saturated heterocycles. The summed E-state index contributed by atoms with van der Waals surface area (Å²) in [4.78, 5) is 4.45. The Hall–Kier alpha value is -2.30. The molecule has 5 nitrogen and oxygen atoms in total. The molecule has 6 heteroatoms. The van der Waals surface area contributed by atoms with Crippen LogP contribution >= 0.6 is 0 Å². The number of aromatic nitrogens is 2. The summed E-state index contributed by atoms with van der Waals surface area (Å²) >= 11 is 0. The molecule has 0 atom stereocenters. The summed E-state index contributed by atoms with van der Waals surface area (Å²) in [6.07, 6.45) is 3.60. The number of hydrogen-bond acceptors (Lipinski definition) is 4. The minimum Gasteiger partial charge on any atom is -0.496 e. The second kappa shape index (κ2) is 7.99. The number of rotatable bonds is 5. The van der Waals surface area contributed by atoms with Crippen molar-refractivity contribution in [3.05, 3.63) is 54.9 Å². The van der Waals surface area contributed by atoms with Gasteiger partial charge < -0.3 is 18.8 Å². The number of benzene rings is 2. The van der Waals surface area contributed by atoms with Gasteiger partial charge in [0.25, 0.3) is 0 Å². The van der Waals surface area contributed by atoms with Gasteiger partial charge in [0.15, 0.2) is 0 Å². The third-order valence-corrected chi connectivity index (χ3v) is 3.52. The van der Waals surface area contributed by atoms with Gasteiger partial charge in [0.1, 0.15) is 22.9 Å². The molecule has 127 valence electrons. The van der Waals surface area contributed by atoms with Crippen LogP contribution in [0.3, 0.4) is 0 Å². The van der Waals surface area contributed by atoms with Crippen LogP contribution in [0.25, 0.3) is 17.1 Å². The molecule has 0 aliphatic rings. The third-order valence-electron chi connectivity index (χ3n) is 3.52. The Bertz CT molecular complexity index is 778. The number of nitrogens with zero attached hydrogens (tertiary/aromatic N) is 2. The van der Waals surface area contributed by atoms with Gasteiger partial charge in [-0.05, 0) is 0 Å². The van der Waals surface area contributed by atoms with E-state index in [1.807, 2.05) is 47.2 Å². The molecule has 24 heavy (non-hydrogen) atoms. The topological polar surface area (TPSA) is 45.5 Å². The van der Waals surface area contributed by atoms with Crippen molar-refractivity contribution in [3.8, 4) is 34.3 Å². The molecule has 1 aromatic heterocycles. The molecular weight excluding hydrogens is 484 g/mol. The molecule has 3 aromatic rings. The smallest absolute Gasteiger partial charge is 0.149 e. The summed E-state index contributed by atoms with van der Waals surface area (Å²) in [5.74, 6) is 2.69. The van der Waals surface area contributed by atoms with E-state index in [1.165, 1.54) is 0 Å². The predicted octanol–water partition coefficient (Wildman–Crippen LogP) is 3.36. The summed E-state index contributed by atoms with van der Waals surface area (Å²) < 4.78 is 18.3. The summed E-state index contributed by atoms with van der Waals surface area (Å²) in [5, 5.41) is 0. The molecule has 0 bridgehead atoms. The molecule has 0 unspecified atom stereocenters. The van der Waals surface area contributed by atoms with Gasteiger partial charge in [0.2, 0.25) is 0 Å². The van der Waals surface area contributed by atoms with E-state index in [4.69, 9.17) is 14.2 Å². The first-order valence-corrected chi connectivity index (χ1v) is 7.09. The Morgan fingerprint density at radius 2 is 1.71 bits per heavy atom. The average Bonchev–Trinajstić information content (AvgIpc) is 3.10. The fraction of sp³-hybridized carbons (Fsp3) is 0.167. The molecule has 0 fully saturated rings. The van der Waals surface area contributed by atoms with Crippen molar-refractivity contribution in [3.63, 3.8) is 0 Å². The molecule has 3 rings (SSSR count). The molecule has 0 aliphatic carbocycles. The fourth-order valence-electron chi connectivity index (χ4n) is 2.44. The Balaban J connectivity index is 0.00000208. The first-order valence-electron chi connectivity index (χ1n) is 7.09. The maximum atomic E-state index is 5.53. The van der Waals surface area contributed by atoms with Crippen molar-refractivity contribution < 1.29 is 34.3 Å². The van der Waals surface area contributed by atoms with Crippen LogP contribution in [0.15, 0.2) is 48.8 Å². The Morgan fingerprint density at radius 3 is 2.25 bits per heavy atom. The summed E-state index contributed by atoms with van der Waals surface area (Å²) in [5.41, 5.74) is 1.65. The third kappa shape index (κ3) is 3.30. The fourth-order valence-corrected chi connectivity index (χ4v) is 2.44. The van der Waals surface area contributed by atoms with E-state index < -0.39 is 0 Å². The van der Waals surface area contributed by atoms with Gasteiger partial charge in [-0.3, -0.25) is 4.98 Å². The van der Waals surface area contributed by atoms with E-state index in [2.05, 4.69) is 11.1 Å². The molecule has 0 saturated carbocycles. The zero-order chi connectivity index (χ0) is 16.2. The van der Waals surface area contributed by atoms with Crippen LogP contribution in [-0.2, 0) is 20.1 Å².